The van der Waals surface area contributed by atoms with E-state index < -0.39 is 0 Å². The second-order valence-electron chi connectivity index (χ2n) is 16.0. The number of aryl methyl sites for hydroxylation is 1. The van der Waals surface area contributed by atoms with Crippen LogP contribution in [0.2, 0.25) is 5.02 Å². The molecule has 11 nitrogen and oxygen atoms in total. The highest BCUT2D eigenvalue weighted by Crippen LogP contribution is 2.38. The molecule has 0 radical (unpaired) electrons. The van der Waals surface area contributed by atoms with Crippen LogP contribution >= 0.6 is 11.6 Å². The number of likely N-dealkylation sites (tertiary alicyclic amines) is 1. The number of imide groups is 1. The largest absolute Gasteiger partial charge is 0.372 e. The van der Waals surface area contributed by atoms with Gasteiger partial charge in [0, 0.05) is 87.0 Å². The Labute approximate surface area is 326 Å². The average Bonchev–Trinajstić information content (AvgIpc) is 3.80. The lowest BCUT2D eigenvalue weighted by atomic mass is 9.89. The van der Waals surface area contributed by atoms with Gasteiger partial charge in [-0.25, -0.2) is 4.79 Å². The average molecular weight is 758 g/mol. The van der Waals surface area contributed by atoms with Crippen molar-refractivity contribution in [1.82, 2.24) is 25.0 Å². The van der Waals surface area contributed by atoms with Crippen LogP contribution in [0.25, 0.3) is 21.8 Å². The molecule has 6 heterocycles. The van der Waals surface area contributed by atoms with Gasteiger partial charge in [-0.05, 0) is 106 Å². The molecule has 2 N–H and O–H groups in total. The van der Waals surface area contributed by atoms with E-state index in [1.807, 2.05) is 12.1 Å². The molecule has 0 spiro atoms. The fourth-order valence-electron chi connectivity index (χ4n) is 9.71. The fourth-order valence-corrected chi connectivity index (χ4v) is 9.96. The molecule has 4 saturated heterocycles. The number of fused-ring (bicyclic) bond motifs is 2. The van der Waals surface area contributed by atoms with Crippen molar-refractivity contribution in [2.24, 2.45) is 13.0 Å². The number of anilines is 3. The number of carbonyl (C=O) groups is 2. The number of carbonyl (C=O) groups excluding carboxylic acids is 2. The van der Waals surface area contributed by atoms with Gasteiger partial charge in [-0.15, -0.1) is 0 Å². The predicted molar refractivity (Wildman–Crippen MR) is 218 cm³/mol. The number of H-pyrrole nitrogens is 1. The molecular weight excluding hydrogens is 710 g/mol. The molecular formula is C43H48ClN9O2. The van der Waals surface area contributed by atoms with Crippen molar-refractivity contribution in [3.05, 3.63) is 82.6 Å². The number of aromatic nitrogens is 3. The van der Waals surface area contributed by atoms with Crippen LogP contribution in [0.3, 0.4) is 0 Å². The molecule has 4 fully saturated rings. The third-order valence-corrected chi connectivity index (χ3v) is 13.1. The highest BCUT2D eigenvalue weighted by atomic mass is 35.5. The first-order valence-electron chi connectivity index (χ1n) is 19.9. The fraction of sp³-hybridized carbons (Fsp3) is 0.442. The normalized spacial score (nSPS) is 20.7. The van der Waals surface area contributed by atoms with E-state index in [2.05, 4.69) is 96.4 Å². The van der Waals surface area contributed by atoms with Crippen LogP contribution in [-0.2, 0) is 11.8 Å². The van der Waals surface area contributed by atoms with Gasteiger partial charge in [0.05, 0.1) is 27.1 Å². The molecule has 0 unspecified atom stereocenters. The Hall–Kier alpha value is -5.05. The number of hydrogen-bond donors (Lipinski definition) is 2. The Balaban J connectivity index is 0.762. The molecule has 5 aromatic rings. The van der Waals surface area contributed by atoms with E-state index in [-0.39, 0.29) is 11.9 Å². The molecule has 3 aromatic carbocycles. The van der Waals surface area contributed by atoms with Gasteiger partial charge in [-0.3, -0.25) is 20.1 Å². The Bertz CT molecular complexity index is 2280. The van der Waals surface area contributed by atoms with Crippen molar-refractivity contribution in [2.45, 2.75) is 56.8 Å². The van der Waals surface area contributed by atoms with Crippen LogP contribution in [0.5, 0.6) is 0 Å². The summed E-state index contributed by atoms with van der Waals surface area (Å²) in [4.78, 5) is 33.4. The topological polar surface area (TPSA) is 117 Å². The molecule has 4 aliphatic heterocycles. The van der Waals surface area contributed by atoms with Crippen molar-refractivity contribution < 1.29 is 9.59 Å². The quantitative estimate of drug-likeness (QED) is 0.177. The number of halogens is 1. The van der Waals surface area contributed by atoms with E-state index >= 15 is 0 Å². The summed E-state index contributed by atoms with van der Waals surface area (Å²) in [5.74, 6) is 1.49. The number of piperidine rings is 3. The van der Waals surface area contributed by atoms with Gasteiger partial charge in [0.1, 0.15) is 6.07 Å². The van der Waals surface area contributed by atoms with Gasteiger partial charge in [0.15, 0.2) is 5.69 Å². The number of nitrogens with one attached hydrogen (secondary N) is 2. The van der Waals surface area contributed by atoms with E-state index in [9.17, 15) is 14.9 Å². The van der Waals surface area contributed by atoms with E-state index in [4.69, 9.17) is 11.6 Å². The number of urea groups is 1. The van der Waals surface area contributed by atoms with Crippen molar-refractivity contribution in [3.63, 3.8) is 0 Å². The maximum Gasteiger partial charge on any atom is 0.328 e. The summed E-state index contributed by atoms with van der Waals surface area (Å²) in [7, 11) is 2.15. The molecule has 0 bridgehead atoms. The summed E-state index contributed by atoms with van der Waals surface area (Å²) in [5.41, 5.74) is 8.30. The second-order valence-corrected chi connectivity index (χ2v) is 16.4. The Kier molecular flexibility index (Phi) is 9.65. The van der Waals surface area contributed by atoms with Gasteiger partial charge in [0.2, 0.25) is 5.91 Å². The lowest BCUT2D eigenvalue weighted by Crippen LogP contribution is -2.49. The molecule has 3 amide bonds. The Morgan fingerprint density at radius 3 is 2.40 bits per heavy atom. The molecule has 4 aliphatic rings. The number of aromatic amines is 1. The summed E-state index contributed by atoms with van der Waals surface area (Å²) in [6.45, 7) is 7.96. The van der Waals surface area contributed by atoms with E-state index in [1.54, 1.807) is 4.90 Å². The summed E-state index contributed by atoms with van der Waals surface area (Å²) < 4.78 is 2.31. The van der Waals surface area contributed by atoms with E-state index in [0.29, 0.717) is 40.9 Å². The first-order valence-corrected chi connectivity index (χ1v) is 20.3. The molecule has 2 aromatic heterocycles. The van der Waals surface area contributed by atoms with Crippen LogP contribution in [0.1, 0.15) is 73.7 Å². The van der Waals surface area contributed by atoms with Gasteiger partial charge >= 0.3 is 6.03 Å². The molecule has 0 saturated carbocycles. The maximum atomic E-state index is 12.4. The maximum absolute atomic E-state index is 12.4. The number of nitrogens with zero attached hydrogens (tertiary/aromatic N) is 7. The first kappa shape index (κ1) is 35.6. The third-order valence-electron chi connectivity index (χ3n) is 12.8. The first-order chi connectivity index (χ1) is 26.8. The zero-order chi connectivity index (χ0) is 37.6. The lowest BCUT2D eigenvalue weighted by molar-refractivity contribution is -0.120. The minimum atomic E-state index is -0.342. The zero-order valence-corrected chi connectivity index (χ0v) is 32.2. The molecule has 55 heavy (non-hydrogen) atoms. The minimum absolute atomic E-state index is 0.211. The van der Waals surface area contributed by atoms with Crippen molar-refractivity contribution in [3.8, 4) is 6.07 Å². The van der Waals surface area contributed by atoms with Crippen molar-refractivity contribution in [1.29, 1.82) is 5.26 Å². The highest BCUT2D eigenvalue weighted by Gasteiger charge is 2.29. The van der Waals surface area contributed by atoms with Crippen LogP contribution in [-0.4, -0.2) is 84.0 Å². The minimum Gasteiger partial charge on any atom is -0.372 e. The number of rotatable bonds is 7. The standard InChI is InChI=1S/C43H48ClN9O2/c1-49-38(23-31-6-9-34(24-39(31)49)53-22-16-40(54)46-43(53)55)30-14-18-50(19-15-30)26-28-12-20-51(21-13-28)33-7-4-29(5-8-33)32-3-2-17-52(27-32)37-11-10-35(44)41-36(25-45)47-48-42(37)41/h4-11,23-24,28,30,32H,2-3,12-22,26-27H2,1H3,(H,47,48)(H,46,54,55)/t32-/m1/s1. The summed E-state index contributed by atoms with van der Waals surface area (Å²) >= 11 is 6.46. The Morgan fingerprint density at radius 2 is 1.64 bits per heavy atom. The van der Waals surface area contributed by atoms with E-state index in [0.717, 1.165) is 93.3 Å². The smallest absolute Gasteiger partial charge is 0.328 e. The van der Waals surface area contributed by atoms with Gasteiger partial charge < -0.3 is 19.3 Å². The number of amides is 3. The van der Waals surface area contributed by atoms with Crippen LogP contribution in [0.15, 0.2) is 60.7 Å². The van der Waals surface area contributed by atoms with Gasteiger partial charge in [-0.1, -0.05) is 29.8 Å². The second kappa shape index (κ2) is 14.9. The highest BCUT2D eigenvalue weighted by molar-refractivity contribution is 6.36. The molecule has 9 rings (SSSR count). The Morgan fingerprint density at radius 1 is 0.855 bits per heavy atom. The van der Waals surface area contributed by atoms with Crippen LogP contribution in [0.4, 0.5) is 21.9 Å². The third kappa shape index (κ3) is 6.91. The van der Waals surface area contributed by atoms with Crippen molar-refractivity contribution >= 4 is 62.4 Å². The summed E-state index contributed by atoms with van der Waals surface area (Å²) in [6.07, 6.45) is 7.37. The number of benzene rings is 3. The molecule has 284 valence electrons. The van der Waals surface area contributed by atoms with E-state index in [1.165, 1.54) is 41.7 Å². The van der Waals surface area contributed by atoms with Gasteiger partial charge in [-0.2, -0.15) is 10.4 Å². The number of hydrogen-bond acceptors (Lipinski definition) is 7. The zero-order valence-electron chi connectivity index (χ0n) is 31.4. The van der Waals surface area contributed by atoms with Crippen molar-refractivity contribution in [2.75, 3.05) is 67.1 Å². The molecule has 12 heteroatoms. The van der Waals surface area contributed by atoms with Crippen LogP contribution in [0, 0.1) is 17.2 Å². The van der Waals surface area contributed by atoms with Gasteiger partial charge in [0.25, 0.3) is 0 Å². The predicted octanol–water partition coefficient (Wildman–Crippen LogP) is 7.51. The SMILES string of the molecule is Cn1c(C2CCN(CC3CCN(c4ccc([C@@H]5CCCN(c6ccc(Cl)c7c(C#N)n[nH]c67)C5)cc4)CC3)CC2)cc2ccc(N3CCC(=O)NC3=O)cc21. The number of nitriles is 1. The molecule has 1 atom stereocenters. The molecule has 0 aliphatic carbocycles. The monoisotopic (exact) mass is 757 g/mol. The lowest BCUT2D eigenvalue weighted by Gasteiger charge is -2.38. The summed E-state index contributed by atoms with van der Waals surface area (Å²) in [5, 5.41) is 21.7. The van der Waals surface area contributed by atoms with Crippen LogP contribution < -0.4 is 20.0 Å². The summed E-state index contributed by atoms with van der Waals surface area (Å²) in [6, 6.07) is 23.6.